The Kier molecular flexibility index (Phi) is 7.15. The van der Waals surface area contributed by atoms with Crippen LogP contribution in [0.25, 0.3) is 0 Å². The minimum absolute atomic E-state index is 0.0315. The van der Waals surface area contributed by atoms with Gasteiger partial charge in [-0.1, -0.05) is 121 Å². The summed E-state index contributed by atoms with van der Waals surface area (Å²) in [6, 6.07) is 38.5. The van der Waals surface area contributed by atoms with Crippen LogP contribution >= 0.6 is 0 Å². The summed E-state index contributed by atoms with van der Waals surface area (Å²) < 4.78 is 5.34. The van der Waals surface area contributed by atoms with Crippen LogP contribution in [0.3, 0.4) is 0 Å². The van der Waals surface area contributed by atoms with Gasteiger partial charge < -0.3 is 9.84 Å². The Bertz CT molecular complexity index is 1480. The molecule has 0 unspecified atom stereocenters. The monoisotopic (exact) mass is 515 g/mol. The molecule has 1 aliphatic carbocycles. The molecular weight excluding hydrogens is 486 g/mol. The Morgan fingerprint density at radius 2 is 1.28 bits per heavy atom. The van der Waals surface area contributed by atoms with Crippen molar-refractivity contribution in [3.05, 3.63) is 144 Å². The SMILES string of the molecule is COC(=O)[C@@]1(C#N)[C@H](c2ccccc2)[C@@H](C(=O)c2ccccc2)[C@@](O)(c2ccccc2)C[C@H]1c1ccccc1. The quantitative estimate of drug-likeness (QED) is 0.250. The standard InChI is InChI=1S/C34H29NO4/c1-39-32(37)33(23-35)28(24-14-6-2-7-15-24)22-34(38,27-20-12-5-13-21-27)30(29(33)25-16-8-3-9-17-25)31(36)26-18-10-4-11-19-26/h2-21,28-30,38H,22H2,1H3/t28-,29+,30-,33+,34-/m0/s1. The van der Waals surface area contributed by atoms with Crippen molar-refractivity contribution in [2.75, 3.05) is 7.11 Å². The van der Waals surface area contributed by atoms with Gasteiger partial charge in [0.1, 0.15) is 5.60 Å². The van der Waals surface area contributed by atoms with Crippen molar-refractivity contribution in [2.24, 2.45) is 11.3 Å². The number of methoxy groups -OCH3 is 1. The van der Waals surface area contributed by atoms with Gasteiger partial charge in [-0.3, -0.25) is 9.59 Å². The number of carbonyl (C=O) groups excluding carboxylic acids is 2. The third kappa shape index (κ3) is 4.33. The molecule has 39 heavy (non-hydrogen) atoms. The van der Waals surface area contributed by atoms with Crippen LogP contribution in [-0.4, -0.2) is 24.0 Å². The number of carbonyl (C=O) groups is 2. The molecule has 0 heterocycles. The molecule has 0 spiro atoms. The molecule has 0 aromatic heterocycles. The molecule has 1 aliphatic rings. The molecule has 1 fully saturated rings. The fraction of sp³-hybridized carbons (Fsp3) is 0.206. The summed E-state index contributed by atoms with van der Waals surface area (Å²) in [7, 11) is 1.26. The topological polar surface area (TPSA) is 87.4 Å². The molecule has 4 aromatic rings. The number of ketones is 1. The highest BCUT2D eigenvalue weighted by atomic mass is 16.5. The van der Waals surface area contributed by atoms with Crippen LogP contribution in [0, 0.1) is 22.7 Å². The summed E-state index contributed by atoms with van der Waals surface area (Å²) in [5, 5.41) is 23.8. The van der Waals surface area contributed by atoms with Gasteiger partial charge in [0.15, 0.2) is 11.2 Å². The molecule has 0 aliphatic heterocycles. The summed E-state index contributed by atoms with van der Waals surface area (Å²) in [6.45, 7) is 0. The Morgan fingerprint density at radius 3 is 1.79 bits per heavy atom. The Hall–Kier alpha value is -4.53. The Labute approximate surface area is 228 Å². The molecule has 0 saturated heterocycles. The lowest BCUT2D eigenvalue weighted by molar-refractivity contribution is -0.162. The third-order valence-electron chi connectivity index (χ3n) is 8.09. The van der Waals surface area contributed by atoms with Gasteiger partial charge in [0.2, 0.25) is 0 Å². The van der Waals surface area contributed by atoms with Crippen LogP contribution in [-0.2, 0) is 15.1 Å². The van der Waals surface area contributed by atoms with Crippen molar-refractivity contribution >= 4 is 11.8 Å². The third-order valence-corrected chi connectivity index (χ3v) is 8.09. The molecule has 5 rings (SSSR count). The number of Topliss-reactive ketones (excluding diaryl/α,β-unsaturated/α-hetero) is 1. The van der Waals surface area contributed by atoms with Crippen LogP contribution in [0.5, 0.6) is 0 Å². The molecule has 0 bridgehead atoms. The largest absolute Gasteiger partial charge is 0.468 e. The number of ether oxygens (including phenoxy) is 1. The van der Waals surface area contributed by atoms with Crippen molar-refractivity contribution in [1.82, 2.24) is 0 Å². The van der Waals surface area contributed by atoms with Crippen molar-refractivity contribution < 1.29 is 19.4 Å². The van der Waals surface area contributed by atoms with Gasteiger partial charge in [-0.2, -0.15) is 5.26 Å². The summed E-state index contributed by atoms with van der Waals surface area (Å²) >= 11 is 0. The first-order valence-corrected chi connectivity index (χ1v) is 12.9. The molecule has 4 aromatic carbocycles. The average molecular weight is 516 g/mol. The van der Waals surface area contributed by atoms with E-state index in [9.17, 15) is 20.0 Å². The lowest BCUT2D eigenvalue weighted by atomic mass is 9.47. The fourth-order valence-corrected chi connectivity index (χ4v) is 6.34. The van der Waals surface area contributed by atoms with Gasteiger partial charge >= 0.3 is 5.97 Å². The molecule has 1 N–H and O–H groups in total. The molecular formula is C34H29NO4. The second kappa shape index (κ2) is 10.7. The number of aliphatic hydroxyl groups is 1. The molecule has 1 saturated carbocycles. The van der Waals surface area contributed by atoms with E-state index in [0.29, 0.717) is 22.3 Å². The maximum Gasteiger partial charge on any atom is 0.327 e. The van der Waals surface area contributed by atoms with E-state index in [1.165, 1.54) is 7.11 Å². The Morgan fingerprint density at radius 1 is 0.795 bits per heavy atom. The second-order valence-corrected chi connectivity index (χ2v) is 10.0. The zero-order valence-electron chi connectivity index (χ0n) is 21.6. The molecule has 0 radical (unpaired) electrons. The van der Waals surface area contributed by atoms with Crippen LogP contribution in [0.4, 0.5) is 0 Å². The van der Waals surface area contributed by atoms with E-state index in [-0.39, 0.29) is 12.2 Å². The number of hydrogen-bond donors (Lipinski definition) is 1. The molecule has 5 nitrogen and oxygen atoms in total. The van der Waals surface area contributed by atoms with Gasteiger partial charge in [0, 0.05) is 17.4 Å². The maximum absolute atomic E-state index is 14.5. The van der Waals surface area contributed by atoms with Gasteiger partial charge in [-0.05, 0) is 23.1 Å². The predicted molar refractivity (Wildman–Crippen MR) is 148 cm³/mol. The average Bonchev–Trinajstić information content (AvgIpc) is 3.01. The lowest BCUT2D eigenvalue weighted by Gasteiger charge is -2.54. The molecule has 194 valence electrons. The van der Waals surface area contributed by atoms with Crippen LogP contribution in [0.15, 0.2) is 121 Å². The minimum atomic E-state index is -1.80. The minimum Gasteiger partial charge on any atom is -0.468 e. The van der Waals surface area contributed by atoms with Gasteiger partial charge in [0.05, 0.1) is 19.1 Å². The van der Waals surface area contributed by atoms with E-state index in [0.717, 1.165) is 0 Å². The van der Waals surface area contributed by atoms with Crippen molar-refractivity contribution in [2.45, 2.75) is 23.9 Å². The molecule has 0 amide bonds. The highest BCUT2D eigenvalue weighted by Gasteiger charge is 2.67. The number of nitriles is 1. The van der Waals surface area contributed by atoms with E-state index < -0.39 is 34.7 Å². The fourth-order valence-electron chi connectivity index (χ4n) is 6.34. The van der Waals surface area contributed by atoms with E-state index in [4.69, 9.17) is 4.74 Å². The first-order chi connectivity index (χ1) is 19.0. The number of esters is 1. The van der Waals surface area contributed by atoms with Gasteiger partial charge in [0.25, 0.3) is 0 Å². The number of hydrogen-bond acceptors (Lipinski definition) is 5. The predicted octanol–water partition coefficient (Wildman–Crippen LogP) is 6.03. The van der Waals surface area contributed by atoms with Gasteiger partial charge in [-0.15, -0.1) is 0 Å². The maximum atomic E-state index is 14.5. The normalized spacial score (nSPS) is 26.2. The number of benzene rings is 4. The van der Waals surface area contributed by atoms with E-state index in [2.05, 4.69) is 6.07 Å². The highest BCUT2D eigenvalue weighted by Crippen LogP contribution is 2.63. The smallest absolute Gasteiger partial charge is 0.327 e. The van der Waals surface area contributed by atoms with Crippen LogP contribution in [0.2, 0.25) is 0 Å². The number of nitrogens with zero attached hydrogens (tertiary/aromatic N) is 1. The van der Waals surface area contributed by atoms with E-state index in [1.54, 1.807) is 36.4 Å². The zero-order valence-corrected chi connectivity index (χ0v) is 21.6. The second-order valence-electron chi connectivity index (χ2n) is 10.0. The van der Waals surface area contributed by atoms with Crippen LogP contribution in [0.1, 0.15) is 45.3 Å². The van der Waals surface area contributed by atoms with E-state index in [1.807, 2.05) is 84.9 Å². The zero-order chi connectivity index (χ0) is 27.5. The first kappa shape index (κ1) is 26.1. The Balaban J connectivity index is 1.88. The number of rotatable bonds is 6. The molecule has 5 atom stereocenters. The summed E-state index contributed by atoms with van der Waals surface area (Å²) in [4.78, 5) is 28.4. The first-order valence-electron chi connectivity index (χ1n) is 12.9. The van der Waals surface area contributed by atoms with E-state index >= 15 is 0 Å². The lowest BCUT2D eigenvalue weighted by Crippen LogP contribution is -2.58. The van der Waals surface area contributed by atoms with Crippen molar-refractivity contribution in [3.8, 4) is 6.07 Å². The molecule has 5 heteroatoms. The van der Waals surface area contributed by atoms with Gasteiger partial charge in [-0.25, -0.2) is 0 Å². The van der Waals surface area contributed by atoms with Crippen molar-refractivity contribution in [1.29, 1.82) is 5.26 Å². The highest BCUT2D eigenvalue weighted by molar-refractivity contribution is 6.00. The van der Waals surface area contributed by atoms with Crippen LogP contribution < -0.4 is 0 Å². The van der Waals surface area contributed by atoms with Crippen molar-refractivity contribution in [3.63, 3.8) is 0 Å². The summed E-state index contributed by atoms with van der Waals surface area (Å²) in [5.41, 5.74) is -1.23. The summed E-state index contributed by atoms with van der Waals surface area (Å²) in [6.07, 6.45) is -0.0315. The summed E-state index contributed by atoms with van der Waals surface area (Å²) in [5.74, 6) is -4.03.